The average Bonchev–Trinajstić information content (AvgIpc) is 2.41. The molecule has 0 spiro atoms. The van der Waals surface area contributed by atoms with Crippen molar-refractivity contribution in [1.29, 1.82) is 0 Å². The van der Waals surface area contributed by atoms with Gasteiger partial charge in [-0.2, -0.15) is 0 Å². The highest BCUT2D eigenvalue weighted by molar-refractivity contribution is 5.30. The van der Waals surface area contributed by atoms with Crippen LogP contribution in [0.4, 0.5) is 0 Å². The molecule has 1 aromatic carbocycles. The average molecular weight is 288 g/mol. The molecule has 0 amide bonds. The fourth-order valence-corrected chi connectivity index (χ4v) is 3.37. The summed E-state index contributed by atoms with van der Waals surface area (Å²) in [4.78, 5) is 2.70. The van der Waals surface area contributed by atoms with Crippen LogP contribution in [0.25, 0.3) is 0 Å². The predicted octanol–water partition coefficient (Wildman–Crippen LogP) is 3.90. The Morgan fingerprint density at radius 1 is 1.24 bits per heavy atom. The number of nitrogens with one attached hydrogen (secondary N) is 1. The molecule has 2 heteroatoms. The van der Waals surface area contributed by atoms with Crippen LogP contribution in [-0.4, -0.2) is 30.1 Å². The SMILES string of the molecule is CCC1CN(Cc2cc(C)ccc2C)C(C(C)(C)C)CN1. The molecule has 1 heterocycles. The fraction of sp³-hybridized carbons (Fsp3) is 0.684. The quantitative estimate of drug-likeness (QED) is 0.907. The molecule has 21 heavy (non-hydrogen) atoms. The van der Waals surface area contributed by atoms with Crippen LogP contribution in [-0.2, 0) is 6.54 Å². The number of aryl methyl sites for hydroxylation is 2. The van der Waals surface area contributed by atoms with Crippen LogP contribution in [0.15, 0.2) is 18.2 Å². The molecule has 0 aromatic heterocycles. The standard InChI is InChI=1S/C19H32N2/c1-7-17-13-21(18(11-20-17)19(4,5)6)12-16-10-14(2)8-9-15(16)3/h8-10,17-18,20H,7,11-13H2,1-6H3. The Labute approximate surface area is 130 Å². The lowest BCUT2D eigenvalue weighted by atomic mass is 9.83. The van der Waals surface area contributed by atoms with Crippen molar-refractivity contribution in [3.63, 3.8) is 0 Å². The zero-order valence-corrected chi connectivity index (χ0v) is 14.7. The van der Waals surface area contributed by atoms with Crippen molar-refractivity contribution in [1.82, 2.24) is 10.2 Å². The fourth-order valence-electron chi connectivity index (χ4n) is 3.37. The summed E-state index contributed by atoms with van der Waals surface area (Å²) >= 11 is 0. The molecule has 0 radical (unpaired) electrons. The smallest absolute Gasteiger partial charge is 0.0273 e. The highest BCUT2D eigenvalue weighted by Gasteiger charge is 2.35. The second-order valence-corrected chi connectivity index (χ2v) is 7.75. The molecule has 1 aromatic rings. The first-order valence-electron chi connectivity index (χ1n) is 8.34. The van der Waals surface area contributed by atoms with E-state index in [9.17, 15) is 0 Å². The minimum Gasteiger partial charge on any atom is -0.311 e. The van der Waals surface area contributed by atoms with Gasteiger partial charge in [0.15, 0.2) is 0 Å². The maximum atomic E-state index is 3.73. The summed E-state index contributed by atoms with van der Waals surface area (Å²) < 4.78 is 0. The van der Waals surface area contributed by atoms with Crippen molar-refractivity contribution < 1.29 is 0 Å². The Balaban J connectivity index is 2.21. The van der Waals surface area contributed by atoms with Crippen molar-refractivity contribution in [2.75, 3.05) is 13.1 Å². The van der Waals surface area contributed by atoms with E-state index in [-0.39, 0.29) is 0 Å². The van der Waals surface area contributed by atoms with Gasteiger partial charge < -0.3 is 5.32 Å². The first kappa shape index (κ1) is 16.5. The van der Waals surface area contributed by atoms with Crippen LogP contribution in [0.2, 0.25) is 0 Å². The van der Waals surface area contributed by atoms with E-state index in [0.717, 1.165) is 19.6 Å². The summed E-state index contributed by atoms with van der Waals surface area (Å²) in [6.07, 6.45) is 1.21. The van der Waals surface area contributed by atoms with Crippen molar-refractivity contribution in [2.24, 2.45) is 5.41 Å². The van der Waals surface area contributed by atoms with E-state index in [0.29, 0.717) is 17.5 Å². The molecule has 1 saturated heterocycles. The highest BCUT2D eigenvalue weighted by Crippen LogP contribution is 2.28. The van der Waals surface area contributed by atoms with Gasteiger partial charge in [-0.25, -0.2) is 0 Å². The third-order valence-electron chi connectivity index (χ3n) is 4.87. The van der Waals surface area contributed by atoms with Crippen molar-refractivity contribution in [2.45, 2.75) is 66.6 Å². The summed E-state index contributed by atoms with van der Waals surface area (Å²) in [5, 5.41) is 3.73. The molecule has 2 rings (SSSR count). The zero-order valence-electron chi connectivity index (χ0n) is 14.7. The highest BCUT2D eigenvalue weighted by atomic mass is 15.2. The summed E-state index contributed by atoms with van der Waals surface area (Å²) in [6.45, 7) is 17.1. The van der Waals surface area contributed by atoms with Gasteiger partial charge in [0.1, 0.15) is 0 Å². The third-order valence-corrected chi connectivity index (χ3v) is 4.87. The van der Waals surface area contributed by atoms with Crippen molar-refractivity contribution >= 4 is 0 Å². The van der Waals surface area contributed by atoms with E-state index in [1.165, 1.54) is 23.1 Å². The lowest BCUT2D eigenvalue weighted by Crippen LogP contribution is -2.60. The van der Waals surface area contributed by atoms with Gasteiger partial charge in [-0.05, 0) is 36.8 Å². The molecule has 0 saturated carbocycles. The van der Waals surface area contributed by atoms with Gasteiger partial charge in [0.05, 0.1) is 0 Å². The van der Waals surface area contributed by atoms with Crippen LogP contribution in [0.3, 0.4) is 0 Å². The largest absolute Gasteiger partial charge is 0.311 e. The lowest BCUT2D eigenvalue weighted by Gasteiger charge is -2.46. The topological polar surface area (TPSA) is 15.3 Å². The van der Waals surface area contributed by atoms with Gasteiger partial charge in [-0.1, -0.05) is 51.5 Å². The van der Waals surface area contributed by atoms with Gasteiger partial charge in [0.2, 0.25) is 0 Å². The van der Waals surface area contributed by atoms with E-state index in [1.54, 1.807) is 0 Å². The number of piperazine rings is 1. The molecular formula is C19H32N2. The van der Waals surface area contributed by atoms with E-state index in [1.807, 2.05) is 0 Å². The van der Waals surface area contributed by atoms with Gasteiger partial charge in [0, 0.05) is 31.7 Å². The van der Waals surface area contributed by atoms with Crippen molar-refractivity contribution in [3.05, 3.63) is 34.9 Å². The van der Waals surface area contributed by atoms with Crippen LogP contribution >= 0.6 is 0 Å². The van der Waals surface area contributed by atoms with E-state index in [4.69, 9.17) is 0 Å². The second-order valence-electron chi connectivity index (χ2n) is 7.75. The van der Waals surface area contributed by atoms with Gasteiger partial charge in [-0.3, -0.25) is 4.90 Å². The maximum Gasteiger partial charge on any atom is 0.0273 e. The summed E-state index contributed by atoms with van der Waals surface area (Å²) in [5.74, 6) is 0. The third kappa shape index (κ3) is 4.08. The Morgan fingerprint density at radius 3 is 2.57 bits per heavy atom. The molecular weight excluding hydrogens is 256 g/mol. The van der Waals surface area contributed by atoms with Gasteiger partial charge in [0.25, 0.3) is 0 Å². The number of rotatable bonds is 3. The zero-order chi connectivity index (χ0) is 15.6. The molecule has 1 fully saturated rings. The number of hydrogen-bond donors (Lipinski definition) is 1. The normalized spacial score (nSPS) is 24.3. The minimum absolute atomic E-state index is 0.309. The molecule has 2 atom stereocenters. The first-order valence-corrected chi connectivity index (χ1v) is 8.34. The van der Waals surface area contributed by atoms with Crippen LogP contribution in [0, 0.1) is 19.3 Å². The number of hydrogen-bond acceptors (Lipinski definition) is 2. The van der Waals surface area contributed by atoms with E-state index in [2.05, 4.69) is 70.0 Å². The molecule has 1 aliphatic rings. The Kier molecular flexibility index (Phi) is 5.11. The Bertz CT molecular complexity index is 473. The molecule has 0 bridgehead atoms. The molecule has 1 aliphatic heterocycles. The first-order chi connectivity index (χ1) is 9.81. The number of nitrogens with zero attached hydrogens (tertiary/aromatic N) is 1. The summed E-state index contributed by atoms with van der Waals surface area (Å²) in [6, 6.07) is 8.06. The minimum atomic E-state index is 0.309. The molecule has 0 aliphatic carbocycles. The monoisotopic (exact) mass is 288 g/mol. The molecule has 2 nitrogen and oxygen atoms in total. The Hall–Kier alpha value is -0.860. The van der Waals surface area contributed by atoms with Gasteiger partial charge in [-0.15, -0.1) is 0 Å². The van der Waals surface area contributed by atoms with E-state index >= 15 is 0 Å². The maximum absolute atomic E-state index is 3.73. The molecule has 1 N–H and O–H groups in total. The summed E-state index contributed by atoms with van der Waals surface area (Å²) in [5.41, 5.74) is 4.58. The molecule has 118 valence electrons. The van der Waals surface area contributed by atoms with Gasteiger partial charge >= 0.3 is 0 Å². The Morgan fingerprint density at radius 2 is 1.95 bits per heavy atom. The molecule has 2 unspecified atom stereocenters. The second kappa shape index (κ2) is 6.50. The summed E-state index contributed by atoms with van der Waals surface area (Å²) in [7, 11) is 0. The number of benzene rings is 1. The van der Waals surface area contributed by atoms with Crippen LogP contribution < -0.4 is 5.32 Å². The van der Waals surface area contributed by atoms with E-state index < -0.39 is 0 Å². The van der Waals surface area contributed by atoms with Crippen molar-refractivity contribution in [3.8, 4) is 0 Å². The van der Waals surface area contributed by atoms with Crippen LogP contribution in [0.5, 0.6) is 0 Å². The van der Waals surface area contributed by atoms with Crippen LogP contribution in [0.1, 0.15) is 50.8 Å². The lowest BCUT2D eigenvalue weighted by molar-refractivity contribution is 0.0484. The predicted molar refractivity (Wildman–Crippen MR) is 91.7 cm³/mol.